The lowest BCUT2D eigenvalue weighted by Gasteiger charge is -2.05. The van der Waals surface area contributed by atoms with E-state index >= 15 is 0 Å². The predicted octanol–water partition coefficient (Wildman–Crippen LogP) is 4.40. The Balaban J connectivity index is 1.98. The number of benzene rings is 1. The Morgan fingerprint density at radius 1 is 1.50 bits per heavy atom. The molecule has 0 aliphatic rings. The number of halogens is 2. The molecule has 0 saturated carbocycles. The van der Waals surface area contributed by atoms with E-state index in [1.807, 2.05) is 0 Å². The van der Waals surface area contributed by atoms with Crippen molar-refractivity contribution in [1.29, 1.82) is 0 Å². The number of hydrogen-bond acceptors (Lipinski definition) is 5. The third-order valence-electron chi connectivity index (χ3n) is 2.93. The predicted molar refractivity (Wildman–Crippen MR) is 89.3 cm³/mol. The fraction of sp³-hybridized carbons (Fsp3) is 0.357. The summed E-state index contributed by atoms with van der Waals surface area (Å²) in [4.78, 5) is 12.0. The summed E-state index contributed by atoms with van der Waals surface area (Å²) < 4.78 is 14.4. The number of hydrogen-bond donors (Lipinski definition) is 1. The number of nitrogens with zero attached hydrogens (tertiary/aromatic N) is 2. The second kappa shape index (κ2) is 7.89. The van der Waals surface area contributed by atoms with Crippen molar-refractivity contribution in [2.45, 2.75) is 36.3 Å². The Hall–Kier alpha value is -1.18. The van der Waals surface area contributed by atoms with E-state index in [-0.39, 0.29) is 22.9 Å². The van der Waals surface area contributed by atoms with E-state index in [0.717, 1.165) is 10.8 Å². The summed E-state index contributed by atoms with van der Waals surface area (Å²) in [5.74, 6) is -0.865. The Kier molecular flexibility index (Phi) is 6.16. The van der Waals surface area contributed by atoms with E-state index < -0.39 is 5.82 Å². The fourth-order valence-corrected chi connectivity index (χ4v) is 3.83. The molecule has 0 aliphatic heterocycles. The molecule has 0 radical (unpaired) electrons. The molecule has 8 heteroatoms. The zero-order valence-electron chi connectivity index (χ0n) is 12.1. The van der Waals surface area contributed by atoms with E-state index in [1.54, 1.807) is 17.8 Å². The minimum Gasteiger partial charge on any atom is -0.300 e. The third-order valence-corrected chi connectivity index (χ3v) is 5.47. The summed E-state index contributed by atoms with van der Waals surface area (Å²) in [6.45, 7) is 4.20. The molecule has 1 N–H and O–H groups in total. The summed E-state index contributed by atoms with van der Waals surface area (Å²) in [5, 5.41) is 11.6. The van der Waals surface area contributed by atoms with E-state index in [2.05, 4.69) is 29.4 Å². The molecule has 0 bridgehead atoms. The van der Waals surface area contributed by atoms with Crippen molar-refractivity contribution >= 4 is 45.7 Å². The molecule has 0 fully saturated rings. The van der Waals surface area contributed by atoms with Crippen molar-refractivity contribution in [3.8, 4) is 0 Å². The maximum Gasteiger partial charge on any atom is 0.230 e. The molecule has 0 aliphatic carbocycles. The van der Waals surface area contributed by atoms with Crippen molar-refractivity contribution in [1.82, 2.24) is 10.2 Å². The number of aromatic nitrogens is 2. The van der Waals surface area contributed by atoms with Crippen molar-refractivity contribution in [3.05, 3.63) is 34.6 Å². The van der Waals surface area contributed by atoms with Gasteiger partial charge in [0.25, 0.3) is 0 Å². The largest absolute Gasteiger partial charge is 0.300 e. The number of amides is 1. The van der Waals surface area contributed by atoms with Crippen LogP contribution in [0.2, 0.25) is 5.02 Å². The van der Waals surface area contributed by atoms with Crippen LogP contribution in [-0.4, -0.2) is 21.4 Å². The van der Waals surface area contributed by atoms with Gasteiger partial charge in [-0.2, -0.15) is 0 Å². The number of carbonyl (C=O) groups is 1. The molecule has 1 atom stereocenters. The van der Waals surface area contributed by atoms with Crippen molar-refractivity contribution in [3.63, 3.8) is 0 Å². The van der Waals surface area contributed by atoms with E-state index in [0.29, 0.717) is 10.4 Å². The Labute approximate surface area is 141 Å². The van der Waals surface area contributed by atoms with Crippen LogP contribution in [0.1, 0.15) is 25.8 Å². The highest BCUT2D eigenvalue weighted by molar-refractivity contribution is 8.01. The molecule has 0 spiro atoms. The van der Waals surface area contributed by atoms with Crippen LogP contribution in [0.4, 0.5) is 9.52 Å². The minimum absolute atomic E-state index is 0.140. The summed E-state index contributed by atoms with van der Waals surface area (Å²) in [5.41, 5.74) is 0.181. The number of thioether (sulfide) groups is 1. The summed E-state index contributed by atoms with van der Waals surface area (Å²) in [7, 11) is 0. The third kappa shape index (κ3) is 4.66. The normalized spacial score (nSPS) is 12.2. The minimum atomic E-state index is -0.493. The van der Waals surface area contributed by atoms with Gasteiger partial charge >= 0.3 is 0 Å². The molecule has 1 amide bonds. The number of rotatable bonds is 6. The topological polar surface area (TPSA) is 54.9 Å². The van der Waals surface area contributed by atoms with Gasteiger partial charge in [0.15, 0.2) is 4.34 Å². The molecule has 2 aromatic rings. The average Bonchev–Trinajstić information content (AvgIpc) is 2.90. The van der Waals surface area contributed by atoms with Crippen LogP contribution in [0.15, 0.2) is 22.5 Å². The standard InChI is InChI=1S/C14H15ClFN3OS2/c1-3-8(2)21-14-19-18-13(22-14)17-12(20)7-9-10(15)5-4-6-11(9)16/h4-6,8H,3,7H2,1-2H3,(H,17,18,20). The molecule has 1 aromatic heterocycles. The SMILES string of the molecule is CCC(C)Sc1nnc(NC(=O)Cc2c(F)cccc2Cl)s1. The van der Waals surface area contributed by atoms with Crippen LogP contribution >= 0.6 is 34.7 Å². The Morgan fingerprint density at radius 3 is 2.95 bits per heavy atom. The van der Waals surface area contributed by atoms with Gasteiger partial charge in [-0.05, 0) is 18.6 Å². The van der Waals surface area contributed by atoms with Crippen molar-refractivity contribution in [2.24, 2.45) is 0 Å². The first-order valence-electron chi connectivity index (χ1n) is 6.72. The second-order valence-corrected chi connectivity index (χ2v) is 7.71. The van der Waals surface area contributed by atoms with Gasteiger partial charge in [0.05, 0.1) is 6.42 Å². The van der Waals surface area contributed by atoms with Crippen molar-refractivity contribution < 1.29 is 9.18 Å². The van der Waals surface area contributed by atoms with E-state index in [1.165, 1.54) is 23.5 Å². The molecule has 2 rings (SSSR count). The zero-order chi connectivity index (χ0) is 16.1. The van der Waals surface area contributed by atoms with Gasteiger partial charge in [-0.15, -0.1) is 10.2 Å². The summed E-state index contributed by atoms with van der Waals surface area (Å²) >= 11 is 8.82. The quantitative estimate of drug-likeness (QED) is 0.613. The highest BCUT2D eigenvalue weighted by Gasteiger charge is 2.14. The van der Waals surface area contributed by atoms with Gasteiger partial charge < -0.3 is 5.32 Å². The highest BCUT2D eigenvalue weighted by Crippen LogP contribution is 2.30. The fourth-order valence-electron chi connectivity index (χ4n) is 1.59. The zero-order valence-corrected chi connectivity index (χ0v) is 14.5. The first kappa shape index (κ1) is 17.2. The van der Waals surface area contributed by atoms with E-state index in [9.17, 15) is 9.18 Å². The lowest BCUT2D eigenvalue weighted by molar-refractivity contribution is -0.115. The summed E-state index contributed by atoms with van der Waals surface area (Å²) in [6.07, 6.45) is 0.886. The molecule has 22 heavy (non-hydrogen) atoms. The molecule has 4 nitrogen and oxygen atoms in total. The first-order valence-corrected chi connectivity index (χ1v) is 8.80. The van der Waals surface area contributed by atoms with Crippen LogP contribution in [0.25, 0.3) is 0 Å². The Morgan fingerprint density at radius 2 is 2.27 bits per heavy atom. The van der Waals surface area contributed by atoms with Crippen molar-refractivity contribution in [2.75, 3.05) is 5.32 Å². The smallest absolute Gasteiger partial charge is 0.230 e. The van der Waals surface area contributed by atoms with Gasteiger partial charge in [-0.1, -0.05) is 54.6 Å². The maximum absolute atomic E-state index is 13.6. The lowest BCUT2D eigenvalue weighted by atomic mass is 10.1. The van der Waals surface area contributed by atoms with Gasteiger partial charge in [0, 0.05) is 15.8 Å². The monoisotopic (exact) mass is 359 g/mol. The maximum atomic E-state index is 13.6. The van der Waals surface area contributed by atoms with Crippen LogP contribution < -0.4 is 5.32 Å². The van der Waals surface area contributed by atoms with Crippen LogP contribution in [0.3, 0.4) is 0 Å². The first-order chi connectivity index (χ1) is 10.5. The van der Waals surface area contributed by atoms with E-state index in [4.69, 9.17) is 11.6 Å². The number of carbonyl (C=O) groups excluding carboxylic acids is 1. The van der Waals surface area contributed by atoms with Gasteiger partial charge in [-0.25, -0.2) is 4.39 Å². The number of nitrogens with one attached hydrogen (secondary N) is 1. The highest BCUT2D eigenvalue weighted by atomic mass is 35.5. The molecule has 1 heterocycles. The Bertz CT molecular complexity index is 645. The van der Waals surface area contributed by atoms with Crippen LogP contribution in [0, 0.1) is 5.82 Å². The second-order valence-electron chi connectivity index (χ2n) is 4.64. The molecule has 0 saturated heterocycles. The molecule has 1 aromatic carbocycles. The van der Waals surface area contributed by atoms with Gasteiger partial charge in [-0.3, -0.25) is 4.79 Å². The number of anilines is 1. The van der Waals surface area contributed by atoms with Gasteiger partial charge in [0.1, 0.15) is 5.82 Å². The molecular weight excluding hydrogens is 345 g/mol. The lowest BCUT2D eigenvalue weighted by Crippen LogP contribution is -2.15. The molecular formula is C14H15ClFN3OS2. The van der Waals surface area contributed by atoms with Crippen LogP contribution in [0.5, 0.6) is 0 Å². The molecule has 1 unspecified atom stereocenters. The average molecular weight is 360 g/mol. The van der Waals surface area contributed by atoms with Gasteiger partial charge in [0.2, 0.25) is 11.0 Å². The van der Waals surface area contributed by atoms with Crippen LogP contribution in [-0.2, 0) is 11.2 Å². The molecule has 118 valence electrons. The summed E-state index contributed by atoms with van der Waals surface area (Å²) in [6, 6.07) is 4.33.